The van der Waals surface area contributed by atoms with E-state index in [1.165, 1.54) is 0 Å². The molecule has 0 atom stereocenters. The second-order valence-electron chi connectivity index (χ2n) is 6.75. The van der Waals surface area contributed by atoms with Crippen LogP contribution in [0.25, 0.3) is 0 Å². The molecule has 2 aliphatic heterocycles. The zero-order chi connectivity index (χ0) is 17.6. The molecule has 6 nitrogen and oxygen atoms in total. The minimum absolute atomic E-state index is 0.169. The van der Waals surface area contributed by atoms with Crippen molar-refractivity contribution in [2.45, 2.75) is 13.3 Å². The Bertz CT molecular complexity index is 606. The summed E-state index contributed by atoms with van der Waals surface area (Å²) in [4.78, 5) is 30.8. The van der Waals surface area contributed by atoms with E-state index in [-0.39, 0.29) is 11.8 Å². The first-order valence-electron chi connectivity index (χ1n) is 9.03. The molecule has 0 spiro atoms. The van der Waals surface area contributed by atoms with Crippen LogP contribution in [0.2, 0.25) is 0 Å². The van der Waals surface area contributed by atoms with Crippen molar-refractivity contribution in [3.8, 4) is 0 Å². The highest BCUT2D eigenvalue weighted by atomic mass is 16.5. The predicted molar refractivity (Wildman–Crippen MR) is 95.3 cm³/mol. The molecular weight excluding hydrogens is 318 g/mol. The van der Waals surface area contributed by atoms with Crippen molar-refractivity contribution in [2.75, 3.05) is 59.0 Å². The minimum Gasteiger partial charge on any atom is -0.378 e. The quantitative estimate of drug-likeness (QED) is 0.799. The summed E-state index contributed by atoms with van der Waals surface area (Å²) in [7, 11) is 0. The van der Waals surface area contributed by atoms with E-state index in [9.17, 15) is 9.59 Å². The molecule has 2 saturated heterocycles. The van der Waals surface area contributed by atoms with Crippen molar-refractivity contribution < 1.29 is 14.3 Å². The standard InChI is InChI=1S/C19H27N3O3/c1-16-4-2-3-5-17(16)14-18(23)21-8-6-20(7-9-21)15-19(24)22-10-12-25-13-11-22/h2-5H,6-15H2,1H3. The van der Waals surface area contributed by atoms with E-state index in [1.807, 2.05) is 41.0 Å². The van der Waals surface area contributed by atoms with Crippen molar-refractivity contribution >= 4 is 11.8 Å². The van der Waals surface area contributed by atoms with Crippen molar-refractivity contribution in [3.63, 3.8) is 0 Å². The average Bonchev–Trinajstić information content (AvgIpc) is 2.65. The Kier molecular flexibility index (Phi) is 6.04. The van der Waals surface area contributed by atoms with E-state index in [2.05, 4.69) is 4.90 Å². The largest absolute Gasteiger partial charge is 0.378 e. The first-order valence-corrected chi connectivity index (χ1v) is 9.03. The number of hydrogen-bond donors (Lipinski definition) is 0. The van der Waals surface area contributed by atoms with Gasteiger partial charge in [0.2, 0.25) is 11.8 Å². The van der Waals surface area contributed by atoms with Gasteiger partial charge in [-0.1, -0.05) is 24.3 Å². The van der Waals surface area contributed by atoms with Crippen molar-refractivity contribution in [1.29, 1.82) is 0 Å². The summed E-state index contributed by atoms with van der Waals surface area (Å²) in [5.74, 6) is 0.344. The van der Waals surface area contributed by atoms with Crippen LogP contribution >= 0.6 is 0 Å². The average molecular weight is 345 g/mol. The van der Waals surface area contributed by atoms with Gasteiger partial charge in [0.25, 0.3) is 0 Å². The van der Waals surface area contributed by atoms with E-state index < -0.39 is 0 Å². The molecule has 0 N–H and O–H groups in total. The number of ether oxygens (including phenoxy) is 1. The number of hydrogen-bond acceptors (Lipinski definition) is 4. The monoisotopic (exact) mass is 345 g/mol. The Hall–Kier alpha value is -1.92. The van der Waals surface area contributed by atoms with Crippen LogP contribution in [0.5, 0.6) is 0 Å². The summed E-state index contributed by atoms with van der Waals surface area (Å²) in [6.07, 6.45) is 0.458. The fourth-order valence-electron chi connectivity index (χ4n) is 3.34. The van der Waals surface area contributed by atoms with Crippen LogP contribution < -0.4 is 0 Å². The molecule has 3 rings (SSSR count). The lowest BCUT2D eigenvalue weighted by molar-refractivity contribution is -0.137. The lowest BCUT2D eigenvalue weighted by Gasteiger charge is -2.36. The molecule has 0 bridgehead atoms. The second-order valence-corrected chi connectivity index (χ2v) is 6.75. The molecule has 2 heterocycles. The van der Waals surface area contributed by atoms with Crippen LogP contribution in [0.15, 0.2) is 24.3 Å². The highest BCUT2D eigenvalue weighted by Crippen LogP contribution is 2.11. The SMILES string of the molecule is Cc1ccccc1CC(=O)N1CCN(CC(=O)N2CCOCC2)CC1. The fourth-order valence-corrected chi connectivity index (χ4v) is 3.34. The number of piperazine rings is 1. The first-order chi connectivity index (χ1) is 12.1. The zero-order valence-electron chi connectivity index (χ0n) is 14.9. The summed E-state index contributed by atoms with van der Waals surface area (Å²) >= 11 is 0. The molecule has 0 saturated carbocycles. The van der Waals surface area contributed by atoms with Gasteiger partial charge in [0.05, 0.1) is 26.2 Å². The Morgan fingerprint density at radius 1 is 0.920 bits per heavy atom. The molecule has 2 fully saturated rings. The number of morpholine rings is 1. The third kappa shape index (κ3) is 4.80. The lowest BCUT2D eigenvalue weighted by Crippen LogP contribution is -2.52. The van der Waals surface area contributed by atoms with E-state index in [1.54, 1.807) is 0 Å². The third-order valence-electron chi connectivity index (χ3n) is 5.05. The molecule has 6 heteroatoms. The fraction of sp³-hybridized carbons (Fsp3) is 0.579. The van der Waals surface area contributed by atoms with Crippen molar-refractivity contribution in [3.05, 3.63) is 35.4 Å². The lowest BCUT2D eigenvalue weighted by atomic mass is 10.1. The molecule has 25 heavy (non-hydrogen) atoms. The molecule has 2 aliphatic rings. The smallest absolute Gasteiger partial charge is 0.236 e. The van der Waals surface area contributed by atoms with Crippen LogP contribution in [0.3, 0.4) is 0 Å². The molecule has 0 aromatic heterocycles. The van der Waals surface area contributed by atoms with Crippen molar-refractivity contribution in [1.82, 2.24) is 14.7 Å². The Morgan fingerprint density at radius 2 is 1.56 bits per heavy atom. The summed E-state index contributed by atoms with van der Waals surface area (Å²) in [6.45, 7) is 8.03. The molecule has 1 aromatic carbocycles. The number of carbonyl (C=O) groups is 2. The summed E-state index contributed by atoms with van der Waals surface area (Å²) in [5, 5.41) is 0. The number of benzene rings is 1. The van der Waals surface area contributed by atoms with Gasteiger partial charge in [-0.25, -0.2) is 0 Å². The van der Waals surface area contributed by atoms with E-state index in [0.717, 1.165) is 24.2 Å². The zero-order valence-corrected chi connectivity index (χ0v) is 14.9. The number of rotatable bonds is 4. The Balaban J connectivity index is 1.44. The highest BCUT2D eigenvalue weighted by Gasteiger charge is 2.25. The normalized spacial score (nSPS) is 19.1. The second kappa shape index (κ2) is 8.45. The summed E-state index contributed by atoms with van der Waals surface area (Å²) in [5.41, 5.74) is 2.25. The van der Waals surface area contributed by atoms with Gasteiger partial charge in [0, 0.05) is 39.3 Å². The van der Waals surface area contributed by atoms with Crippen molar-refractivity contribution in [2.24, 2.45) is 0 Å². The molecule has 1 aromatic rings. The van der Waals surface area contributed by atoms with Gasteiger partial charge in [-0.15, -0.1) is 0 Å². The van der Waals surface area contributed by atoms with Crippen LogP contribution in [0.1, 0.15) is 11.1 Å². The number of amides is 2. The molecule has 0 radical (unpaired) electrons. The Morgan fingerprint density at radius 3 is 2.24 bits per heavy atom. The van der Waals surface area contributed by atoms with Gasteiger partial charge in [0.15, 0.2) is 0 Å². The van der Waals surface area contributed by atoms with Gasteiger partial charge >= 0.3 is 0 Å². The molecule has 0 aliphatic carbocycles. The van der Waals surface area contributed by atoms with Gasteiger partial charge in [-0.05, 0) is 18.1 Å². The van der Waals surface area contributed by atoms with Crippen LogP contribution in [-0.4, -0.2) is 85.5 Å². The minimum atomic E-state index is 0.169. The predicted octanol–water partition coefficient (Wildman–Crippen LogP) is 0.541. The first kappa shape index (κ1) is 17.9. The van der Waals surface area contributed by atoms with E-state index in [4.69, 9.17) is 4.74 Å². The van der Waals surface area contributed by atoms with Gasteiger partial charge < -0.3 is 14.5 Å². The topological polar surface area (TPSA) is 53.1 Å². The maximum Gasteiger partial charge on any atom is 0.236 e. The highest BCUT2D eigenvalue weighted by molar-refractivity contribution is 5.80. The maximum absolute atomic E-state index is 12.5. The van der Waals surface area contributed by atoms with Crippen LogP contribution in [0.4, 0.5) is 0 Å². The Labute approximate surface area is 149 Å². The van der Waals surface area contributed by atoms with Crippen LogP contribution in [-0.2, 0) is 20.7 Å². The molecule has 136 valence electrons. The third-order valence-corrected chi connectivity index (χ3v) is 5.05. The molecule has 0 unspecified atom stereocenters. The van der Waals surface area contributed by atoms with Gasteiger partial charge in [-0.3, -0.25) is 14.5 Å². The summed E-state index contributed by atoms with van der Waals surface area (Å²) in [6, 6.07) is 8.03. The maximum atomic E-state index is 12.5. The van der Waals surface area contributed by atoms with E-state index in [0.29, 0.717) is 52.4 Å². The van der Waals surface area contributed by atoms with Gasteiger partial charge in [-0.2, -0.15) is 0 Å². The number of nitrogens with zero attached hydrogens (tertiary/aromatic N) is 3. The summed E-state index contributed by atoms with van der Waals surface area (Å²) < 4.78 is 5.29. The van der Waals surface area contributed by atoms with Gasteiger partial charge in [0.1, 0.15) is 0 Å². The number of aryl methyl sites for hydroxylation is 1. The molecular formula is C19H27N3O3. The molecule has 2 amide bonds. The number of carbonyl (C=O) groups excluding carboxylic acids is 2. The van der Waals surface area contributed by atoms with Crippen LogP contribution in [0, 0.1) is 6.92 Å². The van der Waals surface area contributed by atoms with E-state index >= 15 is 0 Å².